The van der Waals surface area contributed by atoms with E-state index in [-0.39, 0.29) is 30.8 Å². The molecule has 11 heteroatoms. The van der Waals surface area contributed by atoms with Crippen molar-refractivity contribution >= 4 is 35.6 Å². The lowest BCUT2D eigenvalue weighted by Crippen LogP contribution is -2.54. The number of hydrogen-bond donors (Lipinski definition) is 2. The first-order valence-corrected chi connectivity index (χ1v) is 14.8. The smallest absolute Gasteiger partial charge is 0.410 e. The molecule has 4 amide bonds. The van der Waals surface area contributed by atoms with Crippen LogP contribution in [0.4, 0.5) is 9.59 Å². The Bertz CT molecular complexity index is 1130. The average Bonchev–Trinajstić information content (AvgIpc) is 3.52. The van der Waals surface area contributed by atoms with Crippen LogP contribution in [0.5, 0.6) is 0 Å². The zero-order valence-corrected chi connectivity index (χ0v) is 26.1. The molecule has 0 spiro atoms. The Morgan fingerprint density at radius 3 is 2.20 bits per heavy atom. The Labute approximate surface area is 248 Å². The SMILES string of the molecule is CCC1CCN(C(=O)OC(C)(C)C)[C@@H]1C(=O)N1CCC[C@H]1C(=O)NCc1cc(Cl)ccc1CNC(=O)OC(C)(C)C. The van der Waals surface area contributed by atoms with Crippen LogP contribution < -0.4 is 10.6 Å². The Hall–Kier alpha value is -3.01. The Balaban J connectivity index is 1.68. The van der Waals surface area contributed by atoms with Crippen molar-refractivity contribution in [3.63, 3.8) is 0 Å². The van der Waals surface area contributed by atoms with E-state index in [9.17, 15) is 19.2 Å². The predicted octanol–water partition coefficient (Wildman–Crippen LogP) is 5.01. The molecule has 2 aliphatic heterocycles. The summed E-state index contributed by atoms with van der Waals surface area (Å²) in [6.45, 7) is 14.1. The summed E-state index contributed by atoms with van der Waals surface area (Å²) in [7, 11) is 0. The molecule has 0 aliphatic carbocycles. The van der Waals surface area contributed by atoms with Crippen LogP contribution in [0.25, 0.3) is 0 Å². The lowest BCUT2D eigenvalue weighted by Gasteiger charge is -2.34. The van der Waals surface area contributed by atoms with Gasteiger partial charge in [0.05, 0.1) is 0 Å². The van der Waals surface area contributed by atoms with Gasteiger partial charge in [0.2, 0.25) is 11.8 Å². The van der Waals surface area contributed by atoms with Crippen LogP contribution in [0.2, 0.25) is 5.02 Å². The number of likely N-dealkylation sites (tertiary alicyclic amines) is 2. The third kappa shape index (κ3) is 8.99. The minimum atomic E-state index is -0.674. The number of benzene rings is 1. The second-order valence-electron chi connectivity index (χ2n) is 12.8. The van der Waals surface area contributed by atoms with Crippen LogP contribution in [0.3, 0.4) is 0 Å². The first kappa shape index (κ1) is 32.5. The molecule has 2 saturated heterocycles. The highest BCUT2D eigenvalue weighted by Gasteiger charge is 2.47. The van der Waals surface area contributed by atoms with Gasteiger partial charge in [-0.2, -0.15) is 0 Å². The van der Waals surface area contributed by atoms with E-state index >= 15 is 0 Å². The van der Waals surface area contributed by atoms with Crippen molar-refractivity contribution in [2.24, 2.45) is 5.92 Å². The number of carbonyl (C=O) groups is 4. The van der Waals surface area contributed by atoms with E-state index in [1.165, 1.54) is 4.90 Å². The summed E-state index contributed by atoms with van der Waals surface area (Å²) in [6.07, 6.45) is 1.65. The van der Waals surface area contributed by atoms with E-state index in [1.807, 2.05) is 6.92 Å². The molecular weight excluding hydrogens is 548 g/mol. The summed E-state index contributed by atoms with van der Waals surface area (Å²) in [4.78, 5) is 55.5. The highest BCUT2D eigenvalue weighted by molar-refractivity contribution is 6.30. The summed E-state index contributed by atoms with van der Waals surface area (Å²) in [5, 5.41) is 6.20. The van der Waals surface area contributed by atoms with E-state index in [0.29, 0.717) is 37.4 Å². The van der Waals surface area contributed by atoms with Gasteiger partial charge in [-0.1, -0.05) is 31.0 Å². The molecule has 1 unspecified atom stereocenters. The van der Waals surface area contributed by atoms with Gasteiger partial charge in [0.25, 0.3) is 0 Å². The maximum absolute atomic E-state index is 13.9. The molecular formula is C30H45ClN4O6. The fraction of sp³-hybridized carbons (Fsp3) is 0.667. The second kappa shape index (κ2) is 13.3. The molecule has 1 aromatic carbocycles. The molecule has 3 rings (SSSR count). The molecule has 1 aromatic rings. The highest BCUT2D eigenvalue weighted by atomic mass is 35.5. The van der Waals surface area contributed by atoms with Crippen molar-refractivity contribution in [3.8, 4) is 0 Å². The first-order chi connectivity index (χ1) is 19.1. The van der Waals surface area contributed by atoms with Gasteiger partial charge in [-0.05, 0) is 90.0 Å². The van der Waals surface area contributed by atoms with Crippen LogP contribution in [0.1, 0.15) is 85.3 Å². The molecule has 2 heterocycles. The third-order valence-electron chi connectivity index (χ3n) is 7.21. The van der Waals surface area contributed by atoms with E-state index < -0.39 is 35.5 Å². The molecule has 2 fully saturated rings. The van der Waals surface area contributed by atoms with Crippen LogP contribution in [-0.2, 0) is 32.2 Å². The monoisotopic (exact) mass is 592 g/mol. The van der Waals surface area contributed by atoms with Crippen molar-refractivity contribution in [2.75, 3.05) is 13.1 Å². The van der Waals surface area contributed by atoms with Crippen LogP contribution >= 0.6 is 11.6 Å². The van der Waals surface area contributed by atoms with Gasteiger partial charge in [-0.15, -0.1) is 0 Å². The fourth-order valence-electron chi connectivity index (χ4n) is 5.33. The Morgan fingerprint density at radius 2 is 1.56 bits per heavy atom. The molecule has 2 aliphatic rings. The average molecular weight is 593 g/mol. The van der Waals surface area contributed by atoms with Gasteiger partial charge >= 0.3 is 12.2 Å². The maximum atomic E-state index is 13.9. The van der Waals surface area contributed by atoms with Gasteiger partial charge in [-0.3, -0.25) is 14.5 Å². The molecule has 10 nitrogen and oxygen atoms in total. The summed E-state index contributed by atoms with van der Waals surface area (Å²) in [5.74, 6) is -0.467. The standard InChI is InChI=1S/C30H45ClN4O6/c1-8-19-13-15-35(28(39)41-30(5,6)7)24(19)26(37)34-14-9-10-23(34)25(36)32-18-21-16-22(31)12-11-20(21)17-33-27(38)40-29(2,3)4/h11-12,16,19,23-24H,8-10,13-15,17-18H2,1-7H3,(H,32,36)(H,33,38)/t19?,23-,24-/m0/s1. The van der Waals surface area contributed by atoms with Crippen molar-refractivity contribution in [1.82, 2.24) is 20.4 Å². The third-order valence-corrected chi connectivity index (χ3v) is 7.45. The minimum absolute atomic E-state index is 0.00539. The van der Waals surface area contributed by atoms with Gasteiger partial charge in [0.1, 0.15) is 23.3 Å². The van der Waals surface area contributed by atoms with E-state index in [4.69, 9.17) is 21.1 Å². The number of halogens is 1. The van der Waals surface area contributed by atoms with E-state index in [0.717, 1.165) is 17.5 Å². The van der Waals surface area contributed by atoms with Crippen molar-refractivity contribution < 1.29 is 28.7 Å². The predicted molar refractivity (Wildman–Crippen MR) is 156 cm³/mol. The molecule has 0 radical (unpaired) electrons. The normalized spacial score (nSPS) is 21.0. The molecule has 3 atom stereocenters. The lowest BCUT2D eigenvalue weighted by molar-refractivity contribution is -0.142. The number of rotatable bonds is 7. The van der Waals surface area contributed by atoms with Gasteiger partial charge in [0.15, 0.2) is 0 Å². The van der Waals surface area contributed by atoms with Crippen LogP contribution in [0, 0.1) is 5.92 Å². The van der Waals surface area contributed by atoms with E-state index in [1.54, 1.807) is 64.6 Å². The van der Waals surface area contributed by atoms with Gasteiger partial charge in [0, 0.05) is 31.2 Å². The van der Waals surface area contributed by atoms with Crippen molar-refractivity contribution in [3.05, 3.63) is 34.3 Å². The molecule has 0 bridgehead atoms. The number of alkyl carbamates (subject to hydrolysis) is 1. The molecule has 0 saturated carbocycles. The lowest BCUT2D eigenvalue weighted by atomic mass is 9.96. The summed E-state index contributed by atoms with van der Waals surface area (Å²) < 4.78 is 10.9. The van der Waals surface area contributed by atoms with Crippen molar-refractivity contribution in [1.29, 1.82) is 0 Å². The number of ether oxygens (including phenoxy) is 2. The Morgan fingerprint density at radius 1 is 0.902 bits per heavy atom. The molecule has 0 aromatic heterocycles. The van der Waals surface area contributed by atoms with Gasteiger partial charge < -0.3 is 25.0 Å². The van der Waals surface area contributed by atoms with Crippen LogP contribution in [0.15, 0.2) is 18.2 Å². The molecule has 2 N–H and O–H groups in total. The first-order valence-electron chi connectivity index (χ1n) is 14.4. The number of amides is 4. The van der Waals surface area contributed by atoms with E-state index in [2.05, 4.69) is 10.6 Å². The number of nitrogens with zero attached hydrogens (tertiary/aromatic N) is 2. The number of nitrogens with one attached hydrogen (secondary N) is 2. The zero-order valence-electron chi connectivity index (χ0n) is 25.3. The summed E-state index contributed by atoms with van der Waals surface area (Å²) in [6, 6.07) is 3.97. The maximum Gasteiger partial charge on any atom is 0.410 e. The molecule has 41 heavy (non-hydrogen) atoms. The zero-order chi connectivity index (χ0) is 30.5. The summed E-state index contributed by atoms with van der Waals surface area (Å²) >= 11 is 6.23. The summed E-state index contributed by atoms with van der Waals surface area (Å²) in [5.41, 5.74) is 0.234. The van der Waals surface area contributed by atoms with Gasteiger partial charge in [-0.25, -0.2) is 9.59 Å². The molecule has 228 valence electrons. The quantitative estimate of drug-likeness (QED) is 0.460. The highest BCUT2D eigenvalue weighted by Crippen LogP contribution is 2.32. The van der Waals surface area contributed by atoms with Crippen LogP contribution in [-0.4, -0.2) is 70.2 Å². The number of hydrogen-bond acceptors (Lipinski definition) is 6. The second-order valence-corrected chi connectivity index (χ2v) is 13.2. The minimum Gasteiger partial charge on any atom is -0.444 e. The van der Waals surface area contributed by atoms with Crippen molar-refractivity contribution in [2.45, 2.75) is 111 Å². The largest absolute Gasteiger partial charge is 0.444 e. The Kier molecular flexibility index (Phi) is 10.6. The topological polar surface area (TPSA) is 117 Å². The number of carbonyl (C=O) groups excluding carboxylic acids is 4. The fourth-order valence-corrected chi connectivity index (χ4v) is 5.52.